The van der Waals surface area contributed by atoms with Crippen molar-refractivity contribution in [3.63, 3.8) is 0 Å². The summed E-state index contributed by atoms with van der Waals surface area (Å²) in [4.78, 5) is 0. The molecule has 0 saturated heterocycles. The summed E-state index contributed by atoms with van der Waals surface area (Å²) in [6.07, 6.45) is 3.87. The first-order chi connectivity index (χ1) is 8.22. The molecule has 0 atom stereocenters. The lowest BCUT2D eigenvalue weighted by atomic mass is 10.3. The van der Waals surface area contributed by atoms with Crippen LogP contribution in [-0.4, -0.2) is 54.8 Å². The quantitative estimate of drug-likeness (QED) is 0.168. The van der Waals surface area contributed by atoms with Gasteiger partial charge in [0.1, 0.15) is 0 Å². The number of hydrogen-bond donors (Lipinski definition) is 5. The van der Waals surface area contributed by atoms with E-state index in [-0.39, 0.29) is 0 Å². The predicted molar refractivity (Wildman–Crippen MR) is 68.8 cm³/mol. The van der Waals surface area contributed by atoms with Gasteiger partial charge in [-0.25, -0.2) is 10.9 Å². The Bertz CT molecular complexity index is 158. The van der Waals surface area contributed by atoms with Gasteiger partial charge in [0, 0.05) is 13.1 Å². The van der Waals surface area contributed by atoms with Crippen molar-refractivity contribution in [3.05, 3.63) is 0 Å². The molecule has 0 aromatic rings. The summed E-state index contributed by atoms with van der Waals surface area (Å²) in [6, 6.07) is 0. The highest BCUT2D eigenvalue weighted by Gasteiger charge is 2.07. The van der Waals surface area contributed by atoms with Crippen LogP contribution in [0.2, 0.25) is 0 Å². The molecule has 0 fully saturated rings. The molecular formula is C10H28N6O. The molecule has 0 radical (unpaired) electrons. The Morgan fingerprint density at radius 3 is 2.06 bits per heavy atom. The molecule has 0 spiro atoms. The fourth-order valence-electron chi connectivity index (χ4n) is 1.49. The number of nitrogens with two attached hydrogens (primary N) is 3. The van der Waals surface area contributed by atoms with Gasteiger partial charge in [0.25, 0.3) is 0 Å². The molecule has 0 aliphatic carbocycles. The first-order valence-electron chi connectivity index (χ1n) is 6.31. The van der Waals surface area contributed by atoms with E-state index in [0.717, 1.165) is 51.9 Å². The molecule has 7 heteroatoms. The van der Waals surface area contributed by atoms with Crippen molar-refractivity contribution in [1.29, 1.82) is 0 Å². The predicted octanol–water partition coefficient (Wildman–Crippen LogP) is -1.16. The zero-order chi connectivity index (χ0) is 12.9. The van der Waals surface area contributed by atoms with Crippen LogP contribution in [0, 0.1) is 0 Å². The molecule has 0 unspecified atom stereocenters. The molecule has 17 heavy (non-hydrogen) atoms. The van der Waals surface area contributed by atoms with E-state index in [0.29, 0.717) is 18.4 Å². The minimum absolute atomic E-state index is 0.602. The van der Waals surface area contributed by atoms with Crippen LogP contribution in [0.15, 0.2) is 0 Å². The average molecular weight is 248 g/mol. The lowest BCUT2D eigenvalue weighted by Gasteiger charge is -2.25. The van der Waals surface area contributed by atoms with E-state index in [1.807, 2.05) is 0 Å². The monoisotopic (exact) mass is 248 g/mol. The highest BCUT2D eigenvalue weighted by atomic mass is 16.6. The van der Waals surface area contributed by atoms with Crippen LogP contribution in [0.1, 0.15) is 25.7 Å². The van der Waals surface area contributed by atoms with Crippen LogP contribution in [0.4, 0.5) is 0 Å². The standard InChI is InChI=1S/C10H28N6O/c11-5-3-8-14-7-1-2-9-15(16(13)17)10-4-6-12/h14,17H,1-13H2. The van der Waals surface area contributed by atoms with Crippen molar-refractivity contribution in [2.45, 2.75) is 25.7 Å². The summed E-state index contributed by atoms with van der Waals surface area (Å²) in [7, 11) is 0. The maximum Gasteiger partial charge on any atom is 0.0181 e. The second-order valence-electron chi connectivity index (χ2n) is 4.02. The third kappa shape index (κ3) is 10.6. The molecule has 0 bridgehead atoms. The van der Waals surface area contributed by atoms with Crippen LogP contribution < -0.4 is 22.6 Å². The van der Waals surface area contributed by atoms with Crippen LogP contribution >= 0.6 is 0 Å². The molecule has 0 rings (SSSR count). The van der Waals surface area contributed by atoms with Crippen molar-refractivity contribution in [3.8, 4) is 0 Å². The Hall–Kier alpha value is -0.280. The number of hydrazine groups is 2. The number of nitrogens with zero attached hydrogens (tertiary/aromatic N) is 2. The van der Waals surface area contributed by atoms with Crippen molar-refractivity contribution in [1.82, 2.24) is 15.6 Å². The van der Waals surface area contributed by atoms with Gasteiger partial charge in [0.2, 0.25) is 0 Å². The zero-order valence-corrected chi connectivity index (χ0v) is 10.6. The van der Waals surface area contributed by atoms with Gasteiger partial charge in [0.05, 0.1) is 0 Å². The number of nitrogens with one attached hydrogen (secondary N) is 1. The summed E-state index contributed by atoms with van der Waals surface area (Å²) >= 11 is 0. The first-order valence-corrected chi connectivity index (χ1v) is 6.31. The fourth-order valence-corrected chi connectivity index (χ4v) is 1.49. The lowest BCUT2D eigenvalue weighted by Crippen LogP contribution is -2.46. The van der Waals surface area contributed by atoms with Crippen molar-refractivity contribution < 1.29 is 5.21 Å². The number of rotatable bonds is 12. The Balaban J connectivity index is 3.41. The summed E-state index contributed by atoms with van der Waals surface area (Å²) < 4.78 is 0. The van der Waals surface area contributed by atoms with E-state index in [2.05, 4.69) is 5.32 Å². The highest BCUT2D eigenvalue weighted by Crippen LogP contribution is 1.97. The average Bonchev–Trinajstić information content (AvgIpc) is 2.31. The van der Waals surface area contributed by atoms with E-state index in [9.17, 15) is 5.21 Å². The van der Waals surface area contributed by atoms with E-state index < -0.39 is 0 Å². The molecule has 7 nitrogen and oxygen atoms in total. The van der Waals surface area contributed by atoms with Gasteiger partial charge in [-0.2, -0.15) is 0 Å². The largest absolute Gasteiger partial charge is 0.330 e. The molecule has 0 aliphatic rings. The third-order valence-corrected chi connectivity index (χ3v) is 2.49. The van der Waals surface area contributed by atoms with Gasteiger partial charge in [0.15, 0.2) is 0 Å². The van der Waals surface area contributed by atoms with E-state index >= 15 is 0 Å². The molecule has 0 aliphatic heterocycles. The van der Waals surface area contributed by atoms with E-state index in [1.54, 1.807) is 5.01 Å². The summed E-state index contributed by atoms with van der Waals surface area (Å²) in [5.41, 5.74) is 10.8. The van der Waals surface area contributed by atoms with Crippen molar-refractivity contribution in [2.75, 3.05) is 39.3 Å². The Morgan fingerprint density at radius 1 is 0.882 bits per heavy atom. The minimum atomic E-state index is 0.602. The Morgan fingerprint density at radius 2 is 1.47 bits per heavy atom. The summed E-state index contributed by atoms with van der Waals surface area (Å²) in [5, 5.41) is 14.8. The molecule has 0 aromatic heterocycles. The number of unbranched alkanes of at least 4 members (excludes halogenated alkanes) is 1. The van der Waals surface area contributed by atoms with Crippen molar-refractivity contribution >= 4 is 0 Å². The normalized spacial score (nSPS) is 11.6. The highest BCUT2D eigenvalue weighted by molar-refractivity contribution is 4.54. The topological polar surface area (TPSA) is 117 Å². The van der Waals surface area contributed by atoms with Gasteiger partial charge in [-0.3, -0.25) is 5.21 Å². The summed E-state index contributed by atoms with van der Waals surface area (Å²) in [6.45, 7) is 4.70. The molecule has 0 aromatic carbocycles. The third-order valence-electron chi connectivity index (χ3n) is 2.49. The van der Waals surface area contributed by atoms with Gasteiger partial charge >= 0.3 is 0 Å². The SMILES string of the molecule is NCCCNCCCCN(CCCN)N(N)O. The van der Waals surface area contributed by atoms with Crippen LogP contribution in [-0.2, 0) is 0 Å². The van der Waals surface area contributed by atoms with Crippen LogP contribution in [0.5, 0.6) is 0 Å². The van der Waals surface area contributed by atoms with Crippen LogP contribution in [0.25, 0.3) is 0 Å². The summed E-state index contributed by atoms with van der Waals surface area (Å²) in [5.74, 6) is 5.30. The van der Waals surface area contributed by atoms with Gasteiger partial charge < -0.3 is 16.8 Å². The second-order valence-corrected chi connectivity index (χ2v) is 4.02. The second kappa shape index (κ2) is 12.2. The maximum atomic E-state index is 9.18. The lowest BCUT2D eigenvalue weighted by molar-refractivity contribution is -0.250. The van der Waals surface area contributed by atoms with E-state index in [1.165, 1.54) is 0 Å². The zero-order valence-electron chi connectivity index (χ0n) is 10.6. The molecule has 104 valence electrons. The van der Waals surface area contributed by atoms with Gasteiger partial charge in [-0.15, -0.1) is 0 Å². The Kier molecular flexibility index (Phi) is 12.0. The molecular weight excluding hydrogens is 220 g/mol. The van der Waals surface area contributed by atoms with Gasteiger partial charge in [-0.05, 0) is 51.9 Å². The van der Waals surface area contributed by atoms with Crippen molar-refractivity contribution in [2.24, 2.45) is 17.3 Å². The maximum absolute atomic E-state index is 9.18. The van der Waals surface area contributed by atoms with Gasteiger partial charge in [-0.1, -0.05) is 5.28 Å². The molecule has 0 amide bonds. The fraction of sp³-hybridized carbons (Fsp3) is 1.00. The first kappa shape index (κ1) is 16.7. The smallest absolute Gasteiger partial charge is 0.0181 e. The Labute approximate surface area is 104 Å². The minimum Gasteiger partial charge on any atom is -0.330 e. The van der Waals surface area contributed by atoms with E-state index in [4.69, 9.17) is 17.3 Å². The molecule has 0 saturated carbocycles. The molecule has 8 N–H and O–H groups in total. The molecule has 0 heterocycles. The number of hydrogen-bond acceptors (Lipinski definition) is 7. The van der Waals surface area contributed by atoms with Crippen LogP contribution in [0.3, 0.4) is 0 Å².